The predicted molar refractivity (Wildman–Crippen MR) is 92.3 cm³/mol. The lowest BCUT2D eigenvalue weighted by Gasteiger charge is -2.10. The van der Waals surface area contributed by atoms with E-state index in [2.05, 4.69) is 10.3 Å². The first kappa shape index (κ1) is 16.2. The van der Waals surface area contributed by atoms with E-state index in [0.717, 1.165) is 0 Å². The van der Waals surface area contributed by atoms with E-state index in [-0.39, 0.29) is 19.0 Å². The van der Waals surface area contributed by atoms with E-state index in [1.54, 1.807) is 42.5 Å². The minimum atomic E-state index is -0.702. The second-order valence-electron chi connectivity index (χ2n) is 5.38. The number of carbonyl (C=O) groups is 1. The van der Waals surface area contributed by atoms with Gasteiger partial charge in [-0.25, -0.2) is 0 Å². The molecule has 7 heteroatoms. The average molecular weight is 334 g/mol. The highest BCUT2D eigenvalue weighted by Crippen LogP contribution is 2.07. The second kappa shape index (κ2) is 6.84. The zero-order valence-corrected chi connectivity index (χ0v) is 13.2. The van der Waals surface area contributed by atoms with Crippen molar-refractivity contribution in [1.82, 2.24) is 14.9 Å². The SMILES string of the molecule is N#Cc1cccc(C(=O)NCCn2c(=O)c(=O)[nH]c3ccccc32)c1. The van der Waals surface area contributed by atoms with Crippen molar-refractivity contribution in [3.63, 3.8) is 0 Å². The Morgan fingerprint density at radius 1 is 1.16 bits per heavy atom. The average Bonchev–Trinajstić information content (AvgIpc) is 2.64. The number of hydrogen-bond acceptors (Lipinski definition) is 4. The fourth-order valence-corrected chi connectivity index (χ4v) is 2.56. The number of nitrogens with one attached hydrogen (secondary N) is 2. The number of fused-ring (bicyclic) bond motifs is 1. The van der Waals surface area contributed by atoms with Crippen LogP contribution in [-0.4, -0.2) is 22.0 Å². The molecule has 1 heterocycles. The van der Waals surface area contributed by atoms with Crippen LogP contribution in [0.2, 0.25) is 0 Å². The summed E-state index contributed by atoms with van der Waals surface area (Å²) in [4.78, 5) is 38.5. The van der Waals surface area contributed by atoms with Gasteiger partial charge in [0.25, 0.3) is 5.91 Å². The fraction of sp³-hybridized carbons (Fsp3) is 0.111. The summed E-state index contributed by atoms with van der Waals surface area (Å²) in [5, 5.41) is 11.6. The van der Waals surface area contributed by atoms with Gasteiger partial charge in [-0.2, -0.15) is 5.26 Å². The summed E-state index contributed by atoms with van der Waals surface area (Å²) in [5.41, 5.74) is 0.533. The van der Waals surface area contributed by atoms with Gasteiger partial charge >= 0.3 is 11.1 Å². The van der Waals surface area contributed by atoms with E-state index in [4.69, 9.17) is 5.26 Å². The molecule has 0 fully saturated rings. The van der Waals surface area contributed by atoms with Gasteiger partial charge in [0.05, 0.1) is 22.7 Å². The molecule has 2 N–H and O–H groups in total. The highest BCUT2D eigenvalue weighted by Gasteiger charge is 2.09. The molecule has 124 valence electrons. The molecule has 0 atom stereocenters. The van der Waals surface area contributed by atoms with Crippen molar-refractivity contribution in [2.75, 3.05) is 6.54 Å². The highest BCUT2D eigenvalue weighted by atomic mass is 16.2. The summed E-state index contributed by atoms with van der Waals surface area (Å²) in [6.45, 7) is 0.329. The summed E-state index contributed by atoms with van der Waals surface area (Å²) in [6, 6.07) is 15.3. The third-order valence-electron chi connectivity index (χ3n) is 3.76. The van der Waals surface area contributed by atoms with Gasteiger partial charge in [0.2, 0.25) is 0 Å². The van der Waals surface area contributed by atoms with E-state index < -0.39 is 11.1 Å². The molecule has 0 unspecified atom stereocenters. The van der Waals surface area contributed by atoms with Gasteiger partial charge in [0.15, 0.2) is 0 Å². The van der Waals surface area contributed by atoms with Crippen LogP contribution in [0.4, 0.5) is 0 Å². The van der Waals surface area contributed by atoms with Crippen LogP contribution in [0.3, 0.4) is 0 Å². The summed E-state index contributed by atoms with van der Waals surface area (Å²) >= 11 is 0. The van der Waals surface area contributed by atoms with Crippen molar-refractivity contribution in [3.8, 4) is 6.07 Å². The van der Waals surface area contributed by atoms with Gasteiger partial charge < -0.3 is 14.9 Å². The van der Waals surface area contributed by atoms with Crippen molar-refractivity contribution in [2.45, 2.75) is 6.54 Å². The minimum Gasteiger partial charge on any atom is -0.350 e. The van der Waals surface area contributed by atoms with Crippen LogP contribution in [0, 0.1) is 11.3 Å². The number of hydrogen-bond donors (Lipinski definition) is 2. The van der Waals surface area contributed by atoms with E-state index in [1.165, 1.54) is 10.6 Å². The van der Waals surface area contributed by atoms with Crippen molar-refractivity contribution < 1.29 is 4.79 Å². The van der Waals surface area contributed by atoms with Crippen LogP contribution in [0.25, 0.3) is 11.0 Å². The normalized spacial score (nSPS) is 10.4. The maximum atomic E-state index is 12.1. The zero-order valence-electron chi connectivity index (χ0n) is 13.2. The van der Waals surface area contributed by atoms with Gasteiger partial charge in [-0.3, -0.25) is 14.4 Å². The summed E-state index contributed by atoms with van der Waals surface area (Å²) in [5.74, 6) is -0.348. The van der Waals surface area contributed by atoms with Gasteiger partial charge in [0.1, 0.15) is 0 Å². The Bertz CT molecular complexity index is 1110. The third-order valence-corrected chi connectivity index (χ3v) is 3.76. The van der Waals surface area contributed by atoms with Crippen LogP contribution in [0.5, 0.6) is 0 Å². The summed E-state index contributed by atoms with van der Waals surface area (Å²) in [6.07, 6.45) is 0. The first-order chi connectivity index (χ1) is 12.1. The number of carbonyl (C=O) groups excluding carboxylic acids is 1. The minimum absolute atomic E-state index is 0.160. The van der Waals surface area contributed by atoms with Crippen molar-refractivity contribution in [2.24, 2.45) is 0 Å². The Labute approximate surface area is 142 Å². The number of rotatable bonds is 4. The lowest BCUT2D eigenvalue weighted by molar-refractivity contribution is 0.0952. The Morgan fingerprint density at radius 3 is 2.76 bits per heavy atom. The summed E-state index contributed by atoms with van der Waals surface area (Å²) in [7, 11) is 0. The Kier molecular flexibility index (Phi) is 4.44. The Morgan fingerprint density at radius 2 is 1.96 bits per heavy atom. The molecule has 3 aromatic rings. The molecular weight excluding hydrogens is 320 g/mol. The van der Waals surface area contributed by atoms with Crippen LogP contribution in [0.15, 0.2) is 58.1 Å². The van der Waals surface area contributed by atoms with Gasteiger partial charge in [-0.05, 0) is 30.3 Å². The molecule has 0 radical (unpaired) electrons. The number of nitrogens with zero attached hydrogens (tertiary/aromatic N) is 2. The van der Waals surface area contributed by atoms with E-state index in [0.29, 0.717) is 22.2 Å². The van der Waals surface area contributed by atoms with Crippen LogP contribution < -0.4 is 16.4 Å². The third kappa shape index (κ3) is 3.33. The Hall–Kier alpha value is -3.66. The fourth-order valence-electron chi connectivity index (χ4n) is 2.56. The van der Waals surface area contributed by atoms with Gasteiger partial charge in [0, 0.05) is 18.7 Å². The van der Waals surface area contributed by atoms with Crippen LogP contribution >= 0.6 is 0 Å². The quantitative estimate of drug-likeness (QED) is 0.694. The monoisotopic (exact) mass is 334 g/mol. The molecule has 3 rings (SSSR count). The molecule has 0 spiro atoms. The van der Waals surface area contributed by atoms with E-state index >= 15 is 0 Å². The second-order valence-corrected chi connectivity index (χ2v) is 5.38. The number of aromatic amines is 1. The maximum absolute atomic E-state index is 12.1. The molecule has 0 bridgehead atoms. The van der Waals surface area contributed by atoms with Gasteiger partial charge in [-0.15, -0.1) is 0 Å². The summed E-state index contributed by atoms with van der Waals surface area (Å²) < 4.78 is 1.33. The molecule has 1 aromatic heterocycles. The first-order valence-electron chi connectivity index (χ1n) is 7.60. The number of nitriles is 1. The van der Waals surface area contributed by atoms with Gasteiger partial charge in [-0.1, -0.05) is 18.2 Å². The molecule has 2 aromatic carbocycles. The molecule has 0 aliphatic rings. The zero-order chi connectivity index (χ0) is 17.8. The maximum Gasteiger partial charge on any atom is 0.316 e. The standard InChI is InChI=1S/C18H14N4O3/c19-11-12-4-3-5-13(10-12)16(23)20-8-9-22-15-7-2-1-6-14(15)21-17(24)18(22)25/h1-7,10H,8-9H2,(H,20,23)(H,21,24). The van der Waals surface area contributed by atoms with Crippen LogP contribution in [-0.2, 0) is 6.54 Å². The van der Waals surface area contributed by atoms with Crippen molar-refractivity contribution >= 4 is 16.9 Å². The molecule has 0 saturated heterocycles. The van der Waals surface area contributed by atoms with E-state index in [9.17, 15) is 14.4 Å². The van der Waals surface area contributed by atoms with Crippen LogP contribution in [0.1, 0.15) is 15.9 Å². The number of aromatic nitrogens is 2. The topological polar surface area (TPSA) is 108 Å². The highest BCUT2D eigenvalue weighted by molar-refractivity contribution is 5.94. The molecule has 0 saturated carbocycles. The first-order valence-corrected chi connectivity index (χ1v) is 7.60. The molecule has 0 aliphatic heterocycles. The Balaban J connectivity index is 1.78. The van der Waals surface area contributed by atoms with Crippen molar-refractivity contribution in [1.29, 1.82) is 5.26 Å². The number of para-hydroxylation sites is 2. The van der Waals surface area contributed by atoms with Crippen molar-refractivity contribution in [3.05, 3.63) is 80.4 Å². The van der Waals surface area contributed by atoms with E-state index in [1.807, 2.05) is 6.07 Å². The number of benzene rings is 2. The molecule has 0 aliphatic carbocycles. The molecule has 1 amide bonds. The smallest absolute Gasteiger partial charge is 0.316 e. The lowest BCUT2D eigenvalue weighted by atomic mass is 10.1. The predicted octanol–water partition coefficient (Wildman–Crippen LogP) is 0.991. The molecule has 25 heavy (non-hydrogen) atoms. The molecule has 7 nitrogen and oxygen atoms in total. The number of amides is 1. The number of H-pyrrole nitrogens is 1. The molecular formula is C18H14N4O3. The lowest BCUT2D eigenvalue weighted by Crippen LogP contribution is -2.39. The largest absolute Gasteiger partial charge is 0.350 e.